The van der Waals surface area contributed by atoms with Crippen LogP contribution in [0.1, 0.15) is 6.42 Å². The monoisotopic (exact) mass is 278 g/mol. The molecule has 102 valence electrons. The molecule has 1 N–H and O–H groups in total. The maximum Gasteiger partial charge on any atom is 0.336 e. The van der Waals surface area contributed by atoms with Gasteiger partial charge in [-0.1, -0.05) is 0 Å². The van der Waals surface area contributed by atoms with Gasteiger partial charge in [-0.25, -0.2) is 9.59 Å². The van der Waals surface area contributed by atoms with Crippen LogP contribution in [0.25, 0.3) is 0 Å². The highest BCUT2D eigenvalue weighted by atomic mass is 35.5. The highest BCUT2D eigenvalue weighted by molar-refractivity contribution is 6.19. The molecular weight excluding hydrogens is 264 g/mol. The molecule has 7 nitrogen and oxygen atoms in total. The molecule has 18 heavy (non-hydrogen) atoms. The van der Waals surface area contributed by atoms with Crippen molar-refractivity contribution in [1.82, 2.24) is 10.2 Å². The number of esters is 1. The maximum atomic E-state index is 11.7. The fourth-order valence-electron chi connectivity index (χ4n) is 1.45. The highest BCUT2D eigenvalue weighted by Crippen LogP contribution is 2.07. The van der Waals surface area contributed by atoms with Crippen LogP contribution in [0.4, 0.5) is 4.79 Å². The Labute approximate surface area is 109 Å². The summed E-state index contributed by atoms with van der Waals surface area (Å²) in [5.74, 6) is -0.844. The van der Waals surface area contributed by atoms with Gasteiger partial charge < -0.3 is 14.4 Å². The highest BCUT2D eigenvalue weighted by Gasteiger charge is 2.30. The molecule has 1 rings (SSSR count). The summed E-state index contributed by atoms with van der Waals surface area (Å²) < 4.78 is 9.69. The summed E-state index contributed by atoms with van der Waals surface area (Å²) in [5, 5.41) is 2.18. The lowest BCUT2D eigenvalue weighted by Gasteiger charge is -2.31. The van der Waals surface area contributed by atoms with Crippen LogP contribution in [-0.4, -0.2) is 61.6 Å². The third-order valence-corrected chi connectivity index (χ3v) is 2.57. The number of ether oxygens (including phenoxy) is 2. The first kappa shape index (κ1) is 14.7. The van der Waals surface area contributed by atoms with Crippen LogP contribution in [-0.2, 0) is 19.1 Å². The van der Waals surface area contributed by atoms with Crippen molar-refractivity contribution in [2.75, 3.05) is 32.7 Å². The molecule has 1 fully saturated rings. The predicted molar refractivity (Wildman–Crippen MR) is 62.2 cm³/mol. The van der Waals surface area contributed by atoms with Crippen LogP contribution in [0.15, 0.2) is 0 Å². The average molecular weight is 279 g/mol. The zero-order valence-corrected chi connectivity index (χ0v) is 10.7. The van der Waals surface area contributed by atoms with Crippen molar-refractivity contribution in [3.63, 3.8) is 0 Å². The topological polar surface area (TPSA) is 84.9 Å². The smallest absolute Gasteiger partial charge is 0.336 e. The SMILES string of the molecule is COC(=O)C1CN(C(=O)NC(=O)CCCl)CCO1. The molecular formula is C10H15ClN2O5. The van der Waals surface area contributed by atoms with E-state index in [0.717, 1.165) is 0 Å². The van der Waals surface area contributed by atoms with Gasteiger partial charge in [0, 0.05) is 18.8 Å². The number of amides is 3. The van der Waals surface area contributed by atoms with Crippen LogP contribution in [0, 0.1) is 0 Å². The van der Waals surface area contributed by atoms with Crippen molar-refractivity contribution in [1.29, 1.82) is 0 Å². The molecule has 0 aromatic carbocycles. The van der Waals surface area contributed by atoms with Gasteiger partial charge in [0.25, 0.3) is 0 Å². The van der Waals surface area contributed by atoms with Gasteiger partial charge in [-0.2, -0.15) is 0 Å². The Morgan fingerprint density at radius 3 is 2.83 bits per heavy atom. The van der Waals surface area contributed by atoms with E-state index >= 15 is 0 Å². The van der Waals surface area contributed by atoms with Gasteiger partial charge in [-0.15, -0.1) is 11.6 Å². The Bertz CT molecular complexity index is 336. The van der Waals surface area contributed by atoms with Gasteiger partial charge in [0.05, 0.1) is 20.3 Å². The van der Waals surface area contributed by atoms with Crippen LogP contribution < -0.4 is 5.32 Å². The van der Waals surface area contributed by atoms with Gasteiger partial charge in [-0.05, 0) is 0 Å². The summed E-state index contributed by atoms with van der Waals surface area (Å²) in [6.45, 7) is 0.594. The molecule has 8 heteroatoms. The van der Waals surface area contributed by atoms with Gasteiger partial charge >= 0.3 is 12.0 Å². The first-order chi connectivity index (χ1) is 8.58. The van der Waals surface area contributed by atoms with Gasteiger partial charge in [0.1, 0.15) is 0 Å². The molecule has 0 aromatic heterocycles. The Kier molecular flexibility index (Phi) is 5.87. The summed E-state index contributed by atoms with van der Waals surface area (Å²) in [4.78, 5) is 35.5. The zero-order valence-electron chi connectivity index (χ0n) is 9.98. The first-order valence-corrected chi connectivity index (χ1v) is 5.96. The number of urea groups is 1. The Hall–Kier alpha value is -1.34. The fraction of sp³-hybridized carbons (Fsp3) is 0.700. The number of nitrogens with zero attached hydrogens (tertiary/aromatic N) is 1. The van der Waals surface area contributed by atoms with Crippen LogP contribution in [0.2, 0.25) is 0 Å². The lowest BCUT2D eigenvalue weighted by atomic mass is 10.3. The summed E-state index contributed by atoms with van der Waals surface area (Å²) in [6, 6.07) is -0.553. The number of nitrogens with one attached hydrogen (secondary N) is 1. The molecule has 1 atom stereocenters. The molecule has 0 radical (unpaired) electrons. The number of alkyl halides is 1. The minimum atomic E-state index is -0.808. The van der Waals surface area contributed by atoms with E-state index in [-0.39, 0.29) is 25.5 Å². The average Bonchev–Trinajstić information content (AvgIpc) is 2.38. The summed E-state index contributed by atoms with van der Waals surface area (Å²) in [6.07, 6.45) is -0.740. The van der Waals surface area contributed by atoms with E-state index in [0.29, 0.717) is 6.54 Å². The van der Waals surface area contributed by atoms with Crippen molar-refractivity contribution in [2.24, 2.45) is 0 Å². The van der Waals surface area contributed by atoms with Crippen molar-refractivity contribution in [2.45, 2.75) is 12.5 Å². The second-order valence-corrected chi connectivity index (χ2v) is 4.00. The third kappa shape index (κ3) is 4.15. The molecule has 0 aromatic rings. The number of carbonyl (C=O) groups is 3. The molecule has 1 heterocycles. The van der Waals surface area contributed by atoms with Gasteiger partial charge in [0.15, 0.2) is 6.10 Å². The minimum Gasteiger partial charge on any atom is -0.467 e. The lowest BCUT2D eigenvalue weighted by molar-refractivity contribution is -0.158. The molecule has 1 aliphatic heterocycles. The van der Waals surface area contributed by atoms with E-state index in [4.69, 9.17) is 16.3 Å². The zero-order chi connectivity index (χ0) is 13.5. The number of methoxy groups -OCH3 is 1. The van der Waals surface area contributed by atoms with E-state index in [1.807, 2.05) is 0 Å². The van der Waals surface area contributed by atoms with E-state index in [9.17, 15) is 14.4 Å². The summed E-state index contributed by atoms with van der Waals surface area (Å²) in [5.41, 5.74) is 0. The molecule has 1 saturated heterocycles. The Morgan fingerprint density at radius 1 is 1.50 bits per heavy atom. The first-order valence-electron chi connectivity index (χ1n) is 5.42. The molecule has 3 amide bonds. The van der Waals surface area contributed by atoms with E-state index in [1.165, 1.54) is 12.0 Å². The predicted octanol–water partition coefficient (Wildman–Crippen LogP) is -0.275. The van der Waals surface area contributed by atoms with Crippen molar-refractivity contribution in [3.05, 3.63) is 0 Å². The summed E-state index contributed by atoms with van der Waals surface area (Å²) in [7, 11) is 1.24. The molecule has 1 aliphatic rings. The number of carbonyl (C=O) groups excluding carboxylic acids is 3. The van der Waals surface area contributed by atoms with Crippen molar-refractivity contribution in [3.8, 4) is 0 Å². The van der Waals surface area contributed by atoms with E-state index in [2.05, 4.69) is 10.1 Å². The Morgan fingerprint density at radius 2 is 2.22 bits per heavy atom. The maximum absolute atomic E-state index is 11.7. The molecule has 0 bridgehead atoms. The largest absolute Gasteiger partial charge is 0.467 e. The van der Waals surface area contributed by atoms with Crippen molar-refractivity contribution >= 4 is 29.5 Å². The quantitative estimate of drug-likeness (QED) is 0.567. The Balaban J connectivity index is 2.48. The second-order valence-electron chi connectivity index (χ2n) is 3.62. The minimum absolute atomic E-state index is 0.0622. The molecule has 0 spiro atoms. The number of morpholine rings is 1. The molecule has 0 saturated carbocycles. The number of halogens is 1. The lowest BCUT2D eigenvalue weighted by Crippen LogP contribution is -2.53. The normalized spacial score (nSPS) is 19.2. The van der Waals surface area contributed by atoms with Crippen LogP contribution in [0.5, 0.6) is 0 Å². The number of hydrogen-bond acceptors (Lipinski definition) is 5. The third-order valence-electron chi connectivity index (χ3n) is 2.39. The van der Waals surface area contributed by atoms with Crippen molar-refractivity contribution < 1.29 is 23.9 Å². The van der Waals surface area contributed by atoms with Gasteiger partial charge in [-0.3, -0.25) is 10.1 Å². The number of rotatable bonds is 3. The standard InChI is InChI=1S/C10H15ClN2O5/c1-17-9(15)7-6-13(4-5-18-7)10(16)12-8(14)2-3-11/h7H,2-6H2,1H3,(H,12,14,16). The van der Waals surface area contributed by atoms with Gasteiger partial charge in [0.2, 0.25) is 5.91 Å². The fourth-order valence-corrected chi connectivity index (χ4v) is 1.63. The molecule has 1 unspecified atom stereocenters. The molecule has 0 aliphatic carbocycles. The van der Waals surface area contributed by atoms with E-state index in [1.54, 1.807) is 0 Å². The van der Waals surface area contributed by atoms with E-state index < -0.39 is 24.0 Å². The van der Waals surface area contributed by atoms with Crippen LogP contribution >= 0.6 is 11.6 Å². The second kappa shape index (κ2) is 7.17. The number of hydrogen-bond donors (Lipinski definition) is 1. The summed E-state index contributed by atoms with van der Waals surface area (Å²) >= 11 is 5.38. The number of imide groups is 1. The van der Waals surface area contributed by atoms with Crippen LogP contribution in [0.3, 0.4) is 0 Å².